The molecule has 0 radical (unpaired) electrons. The van der Waals surface area contributed by atoms with Crippen molar-refractivity contribution in [2.24, 2.45) is 5.92 Å². The second-order valence-corrected chi connectivity index (χ2v) is 7.91. The molecule has 2 aromatic heterocycles. The number of halogens is 3. The standard InChI is InChI=1S/C20H27F3N4O/c1-3-15-12(2)25-18-10-16(13-4-6-14(7-5-13)20(21,22)23)26-27(18)19(15)17-11-24-8-9-28-17/h10,13-14,17,24H,3-9,11H2,1-2H3/t13-,14-,17?. The molecule has 0 bridgehead atoms. The van der Waals surface area contributed by atoms with Crippen LogP contribution in [0.5, 0.6) is 0 Å². The Hall–Kier alpha value is -1.67. The molecule has 1 aliphatic heterocycles. The first kappa shape index (κ1) is 19.6. The Morgan fingerprint density at radius 1 is 1.25 bits per heavy atom. The molecule has 1 atom stereocenters. The largest absolute Gasteiger partial charge is 0.391 e. The van der Waals surface area contributed by atoms with Crippen LogP contribution in [0, 0.1) is 12.8 Å². The van der Waals surface area contributed by atoms with Crippen LogP contribution in [0.1, 0.15) is 67.3 Å². The van der Waals surface area contributed by atoms with Crippen LogP contribution >= 0.6 is 0 Å². The summed E-state index contributed by atoms with van der Waals surface area (Å²) in [5.74, 6) is -1.12. The number of morpholine rings is 1. The summed E-state index contributed by atoms with van der Waals surface area (Å²) in [6, 6.07) is 1.95. The van der Waals surface area contributed by atoms with Crippen LogP contribution in [0.3, 0.4) is 0 Å². The number of hydrogen-bond donors (Lipinski definition) is 1. The average Bonchev–Trinajstić information content (AvgIpc) is 3.10. The van der Waals surface area contributed by atoms with Gasteiger partial charge in [-0.15, -0.1) is 0 Å². The van der Waals surface area contributed by atoms with E-state index >= 15 is 0 Å². The van der Waals surface area contributed by atoms with Gasteiger partial charge in [-0.1, -0.05) is 6.92 Å². The van der Waals surface area contributed by atoms with Gasteiger partial charge in [0.15, 0.2) is 5.65 Å². The van der Waals surface area contributed by atoms with E-state index in [0.717, 1.165) is 47.8 Å². The number of hydrogen-bond acceptors (Lipinski definition) is 4. The van der Waals surface area contributed by atoms with Crippen LogP contribution in [0.25, 0.3) is 5.65 Å². The third kappa shape index (κ3) is 3.64. The number of nitrogens with zero attached hydrogens (tertiary/aromatic N) is 3. The molecule has 1 unspecified atom stereocenters. The Bertz CT molecular complexity index is 834. The second kappa shape index (κ2) is 7.63. The van der Waals surface area contributed by atoms with Gasteiger partial charge in [-0.25, -0.2) is 9.50 Å². The van der Waals surface area contributed by atoms with Crippen molar-refractivity contribution in [1.82, 2.24) is 19.9 Å². The van der Waals surface area contributed by atoms with Crippen LogP contribution in [0.15, 0.2) is 6.07 Å². The molecule has 1 aliphatic carbocycles. The first-order valence-corrected chi connectivity index (χ1v) is 10.2. The summed E-state index contributed by atoms with van der Waals surface area (Å²) < 4.78 is 46.8. The van der Waals surface area contributed by atoms with Gasteiger partial charge >= 0.3 is 6.18 Å². The van der Waals surface area contributed by atoms with Crippen LogP contribution < -0.4 is 5.32 Å². The van der Waals surface area contributed by atoms with Crippen LogP contribution in [-0.4, -0.2) is 40.5 Å². The number of alkyl halides is 3. The maximum Gasteiger partial charge on any atom is 0.391 e. The smallest absolute Gasteiger partial charge is 0.369 e. The van der Waals surface area contributed by atoms with E-state index in [4.69, 9.17) is 14.8 Å². The minimum Gasteiger partial charge on any atom is -0.369 e. The van der Waals surface area contributed by atoms with Crippen LogP contribution in [-0.2, 0) is 11.2 Å². The van der Waals surface area contributed by atoms with Crippen molar-refractivity contribution in [3.63, 3.8) is 0 Å². The first-order valence-electron chi connectivity index (χ1n) is 10.2. The fraction of sp³-hybridized carbons (Fsp3) is 0.700. The van der Waals surface area contributed by atoms with Crippen molar-refractivity contribution in [3.05, 3.63) is 28.7 Å². The lowest BCUT2D eigenvalue weighted by Crippen LogP contribution is -2.35. The van der Waals surface area contributed by atoms with Crippen molar-refractivity contribution in [3.8, 4) is 0 Å². The molecule has 2 fully saturated rings. The van der Waals surface area contributed by atoms with E-state index in [0.29, 0.717) is 19.4 Å². The van der Waals surface area contributed by atoms with Crippen molar-refractivity contribution in [1.29, 1.82) is 0 Å². The fourth-order valence-electron chi connectivity index (χ4n) is 4.62. The van der Waals surface area contributed by atoms with E-state index in [9.17, 15) is 13.2 Å². The van der Waals surface area contributed by atoms with Crippen molar-refractivity contribution in [2.45, 2.75) is 64.1 Å². The highest BCUT2D eigenvalue weighted by atomic mass is 19.4. The van der Waals surface area contributed by atoms with E-state index < -0.39 is 12.1 Å². The predicted octanol–water partition coefficient (Wildman–Crippen LogP) is 4.10. The lowest BCUT2D eigenvalue weighted by Gasteiger charge is -2.29. The summed E-state index contributed by atoms with van der Waals surface area (Å²) in [5.41, 5.74) is 4.73. The topological polar surface area (TPSA) is 51.5 Å². The molecule has 1 N–H and O–H groups in total. The lowest BCUT2D eigenvalue weighted by atomic mass is 9.80. The quantitative estimate of drug-likeness (QED) is 0.849. The summed E-state index contributed by atoms with van der Waals surface area (Å²) in [4.78, 5) is 4.72. The van der Waals surface area contributed by atoms with Crippen molar-refractivity contribution in [2.75, 3.05) is 19.7 Å². The third-order valence-corrected chi connectivity index (χ3v) is 6.16. The van der Waals surface area contributed by atoms with E-state index in [-0.39, 0.29) is 24.9 Å². The lowest BCUT2D eigenvalue weighted by molar-refractivity contribution is -0.182. The highest BCUT2D eigenvalue weighted by Crippen LogP contribution is 2.42. The number of nitrogens with one attached hydrogen (secondary N) is 1. The van der Waals surface area contributed by atoms with Crippen molar-refractivity contribution < 1.29 is 17.9 Å². The Balaban J connectivity index is 1.67. The molecule has 1 saturated heterocycles. The minimum atomic E-state index is -4.09. The molecule has 4 rings (SSSR count). The zero-order chi connectivity index (χ0) is 19.9. The molecular formula is C20H27F3N4O. The molecular weight excluding hydrogens is 369 g/mol. The highest BCUT2D eigenvalue weighted by molar-refractivity contribution is 5.46. The molecule has 1 saturated carbocycles. The van der Waals surface area contributed by atoms with Gasteiger partial charge in [-0.3, -0.25) is 0 Å². The number of ether oxygens (including phenoxy) is 1. The van der Waals surface area contributed by atoms with Gasteiger partial charge in [0, 0.05) is 30.8 Å². The molecule has 0 amide bonds. The fourth-order valence-corrected chi connectivity index (χ4v) is 4.62. The Kier molecular flexibility index (Phi) is 5.35. The summed E-state index contributed by atoms with van der Waals surface area (Å²) in [6.07, 6.45) is -1.96. The maximum atomic E-state index is 13.0. The summed E-state index contributed by atoms with van der Waals surface area (Å²) in [6.45, 7) is 6.29. The maximum absolute atomic E-state index is 13.0. The normalized spacial score (nSPS) is 26.7. The molecule has 28 heavy (non-hydrogen) atoms. The third-order valence-electron chi connectivity index (χ3n) is 6.16. The van der Waals surface area contributed by atoms with Crippen LogP contribution in [0.4, 0.5) is 13.2 Å². The number of aryl methyl sites for hydroxylation is 1. The number of aromatic nitrogens is 3. The molecule has 3 heterocycles. The average molecular weight is 396 g/mol. The zero-order valence-electron chi connectivity index (χ0n) is 16.4. The van der Waals surface area contributed by atoms with Gasteiger partial charge in [0.2, 0.25) is 0 Å². The SMILES string of the molecule is CCc1c(C)nc2cc([C@H]3CC[C@H](C(F)(F)F)CC3)nn2c1C1CNCCO1. The Morgan fingerprint density at radius 3 is 2.61 bits per heavy atom. The van der Waals surface area contributed by atoms with Crippen molar-refractivity contribution >= 4 is 5.65 Å². The highest BCUT2D eigenvalue weighted by Gasteiger charge is 2.42. The second-order valence-electron chi connectivity index (χ2n) is 7.91. The van der Waals surface area contributed by atoms with Gasteiger partial charge in [0.05, 0.1) is 23.9 Å². The monoisotopic (exact) mass is 396 g/mol. The minimum absolute atomic E-state index is 0.0592. The molecule has 2 aromatic rings. The van der Waals surface area contributed by atoms with Gasteiger partial charge in [-0.2, -0.15) is 18.3 Å². The van der Waals surface area contributed by atoms with Gasteiger partial charge < -0.3 is 10.1 Å². The van der Waals surface area contributed by atoms with E-state index in [1.165, 1.54) is 0 Å². The Labute approximate surface area is 162 Å². The van der Waals surface area contributed by atoms with E-state index in [2.05, 4.69) is 12.2 Å². The molecule has 0 aromatic carbocycles. The Morgan fingerprint density at radius 2 is 2.00 bits per heavy atom. The van der Waals surface area contributed by atoms with Crippen LogP contribution in [0.2, 0.25) is 0 Å². The van der Waals surface area contributed by atoms with Gasteiger partial charge in [-0.05, 0) is 44.6 Å². The zero-order valence-corrected chi connectivity index (χ0v) is 16.4. The van der Waals surface area contributed by atoms with Gasteiger partial charge in [0.1, 0.15) is 6.10 Å². The number of rotatable bonds is 3. The molecule has 2 aliphatic rings. The summed E-state index contributed by atoms with van der Waals surface area (Å²) >= 11 is 0. The molecule has 8 heteroatoms. The first-order chi connectivity index (χ1) is 13.4. The predicted molar refractivity (Wildman–Crippen MR) is 99.4 cm³/mol. The molecule has 0 spiro atoms. The molecule has 5 nitrogen and oxygen atoms in total. The number of fused-ring (bicyclic) bond motifs is 1. The summed E-state index contributed by atoms with van der Waals surface area (Å²) in [7, 11) is 0. The van der Waals surface area contributed by atoms with Gasteiger partial charge in [0.25, 0.3) is 0 Å². The van der Waals surface area contributed by atoms with E-state index in [1.807, 2.05) is 17.5 Å². The summed E-state index contributed by atoms with van der Waals surface area (Å²) in [5, 5.41) is 8.18. The molecule has 154 valence electrons. The van der Waals surface area contributed by atoms with E-state index in [1.54, 1.807) is 0 Å².